The number of halogens is 3. The van der Waals surface area contributed by atoms with Crippen molar-refractivity contribution in [2.75, 3.05) is 6.54 Å². The third kappa shape index (κ3) is 5.80. The van der Waals surface area contributed by atoms with Crippen molar-refractivity contribution in [3.8, 4) is 0 Å². The second-order valence-corrected chi connectivity index (χ2v) is 5.20. The van der Waals surface area contributed by atoms with Crippen LogP contribution in [-0.2, 0) is 15.7 Å². The van der Waals surface area contributed by atoms with Gasteiger partial charge >= 0.3 is 12.1 Å². The van der Waals surface area contributed by atoms with Crippen molar-refractivity contribution in [1.29, 1.82) is 0 Å². The van der Waals surface area contributed by atoms with Crippen molar-refractivity contribution < 1.29 is 27.5 Å². The summed E-state index contributed by atoms with van der Waals surface area (Å²) in [6.07, 6.45) is -3.69. The van der Waals surface area contributed by atoms with E-state index in [1.807, 2.05) is 0 Å². The van der Waals surface area contributed by atoms with Crippen LogP contribution in [0.15, 0.2) is 18.3 Å². The maximum Gasteiger partial charge on any atom is 0.416 e. The quantitative estimate of drug-likeness (QED) is 0.869. The van der Waals surface area contributed by atoms with Crippen molar-refractivity contribution in [3.63, 3.8) is 0 Å². The summed E-state index contributed by atoms with van der Waals surface area (Å²) in [6.45, 7) is 4.51. The molecule has 1 N–H and O–H groups in total. The van der Waals surface area contributed by atoms with Crippen LogP contribution in [0.25, 0.3) is 0 Å². The molecule has 0 unspecified atom stereocenters. The number of nitrogens with one attached hydrogen (secondary N) is 1. The molecule has 21 heavy (non-hydrogen) atoms. The number of nitrogens with zero attached hydrogens (tertiary/aromatic N) is 1. The fourth-order valence-electron chi connectivity index (χ4n) is 1.35. The summed E-state index contributed by atoms with van der Waals surface area (Å²) in [6, 6.07) is 1.37. The molecule has 0 atom stereocenters. The highest BCUT2D eigenvalue weighted by Crippen LogP contribution is 2.28. The van der Waals surface area contributed by atoms with E-state index >= 15 is 0 Å². The maximum atomic E-state index is 12.5. The smallest absolute Gasteiger partial charge is 0.416 e. The molecule has 5 nitrogen and oxygen atoms in total. The Bertz CT molecular complexity index is 536. The topological polar surface area (TPSA) is 68.3 Å². The van der Waals surface area contributed by atoms with E-state index in [1.165, 1.54) is 0 Å². The molecule has 1 amide bonds. The highest BCUT2D eigenvalue weighted by Gasteiger charge is 2.31. The molecule has 0 aliphatic rings. The largest absolute Gasteiger partial charge is 0.459 e. The van der Waals surface area contributed by atoms with Crippen LogP contribution in [0.3, 0.4) is 0 Å². The zero-order chi connectivity index (χ0) is 16.3. The first-order valence-corrected chi connectivity index (χ1v) is 6.02. The second-order valence-electron chi connectivity index (χ2n) is 5.20. The van der Waals surface area contributed by atoms with E-state index in [1.54, 1.807) is 20.8 Å². The van der Waals surface area contributed by atoms with Gasteiger partial charge < -0.3 is 10.1 Å². The van der Waals surface area contributed by atoms with Gasteiger partial charge in [-0.3, -0.25) is 14.6 Å². The average Bonchev–Trinajstić information content (AvgIpc) is 2.33. The molecule has 116 valence electrons. The highest BCUT2D eigenvalue weighted by molar-refractivity contribution is 5.94. The monoisotopic (exact) mass is 304 g/mol. The van der Waals surface area contributed by atoms with E-state index in [0.717, 1.165) is 12.3 Å². The van der Waals surface area contributed by atoms with Crippen LogP contribution < -0.4 is 5.32 Å². The van der Waals surface area contributed by atoms with Crippen LogP contribution in [-0.4, -0.2) is 29.0 Å². The van der Waals surface area contributed by atoms with E-state index in [4.69, 9.17) is 4.74 Å². The lowest BCUT2D eigenvalue weighted by molar-refractivity contribution is -0.153. The van der Waals surface area contributed by atoms with Gasteiger partial charge in [0.25, 0.3) is 5.91 Å². The molecule has 0 fully saturated rings. The molecule has 0 radical (unpaired) electrons. The average molecular weight is 304 g/mol. The van der Waals surface area contributed by atoms with Gasteiger partial charge in [0.1, 0.15) is 17.8 Å². The van der Waals surface area contributed by atoms with Gasteiger partial charge in [0, 0.05) is 6.20 Å². The summed E-state index contributed by atoms with van der Waals surface area (Å²) in [5.74, 6) is -1.57. The molecule has 0 aromatic carbocycles. The molecule has 1 aromatic heterocycles. The first-order chi connectivity index (χ1) is 9.49. The van der Waals surface area contributed by atoms with Crippen LogP contribution in [0, 0.1) is 0 Å². The van der Waals surface area contributed by atoms with Gasteiger partial charge in [-0.25, -0.2) is 0 Å². The van der Waals surface area contributed by atoms with Crippen LogP contribution in [0.5, 0.6) is 0 Å². The number of carbonyl (C=O) groups excluding carboxylic acids is 2. The number of esters is 1. The number of aromatic nitrogens is 1. The Morgan fingerprint density at radius 1 is 1.29 bits per heavy atom. The number of hydrogen-bond acceptors (Lipinski definition) is 4. The number of rotatable bonds is 3. The van der Waals surface area contributed by atoms with Gasteiger partial charge in [-0.15, -0.1) is 0 Å². The van der Waals surface area contributed by atoms with E-state index in [0.29, 0.717) is 6.07 Å². The van der Waals surface area contributed by atoms with Gasteiger partial charge in [0.05, 0.1) is 5.56 Å². The van der Waals surface area contributed by atoms with Crippen LogP contribution in [0.2, 0.25) is 0 Å². The Hall–Kier alpha value is -2.12. The van der Waals surface area contributed by atoms with Gasteiger partial charge in [0.2, 0.25) is 0 Å². The number of pyridine rings is 1. The minimum absolute atomic E-state index is 0.423. The van der Waals surface area contributed by atoms with Crippen LogP contribution in [0.4, 0.5) is 13.2 Å². The summed E-state index contributed by atoms with van der Waals surface area (Å²) in [5.41, 5.74) is -2.12. The van der Waals surface area contributed by atoms with E-state index < -0.39 is 41.5 Å². The van der Waals surface area contributed by atoms with Crippen molar-refractivity contribution >= 4 is 11.9 Å². The number of alkyl halides is 3. The Morgan fingerprint density at radius 3 is 2.43 bits per heavy atom. The Balaban J connectivity index is 2.67. The maximum absolute atomic E-state index is 12.5. The summed E-state index contributed by atoms with van der Waals surface area (Å²) < 4.78 is 42.4. The summed E-state index contributed by atoms with van der Waals surface area (Å²) >= 11 is 0. The van der Waals surface area contributed by atoms with Gasteiger partial charge in [-0.2, -0.15) is 13.2 Å². The highest BCUT2D eigenvalue weighted by atomic mass is 19.4. The zero-order valence-electron chi connectivity index (χ0n) is 11.7. The number of amides is 1. The molecule has 1 aromatic rings. The first kappa shape index (κ1) is 16.9. The van der Waals surface area contributed by atoms with E-state index in [-0.39, 0.29) is 0 Å². The molecule has 0 spiro atoms. The van der Waals surface area contributed by atoms with Crippen LogP contribution >= 0.6 is 0 Å². The van der Waals surface area contributed by atoms with Gasteiger partial charge in [-0.05, 0) is 32.9 Å². The first-order valence-electron chi connectivity index (χ1n) is 6.02. The van der Waals surface area contributed by atoms with Gasteiger partial charge in [0.15, 0.2) is 0 Å². The van der Waals surface area contributed by atoms with Gasteiger partial charge in [-0.1, -0.05) is 0 Å². The molecule has 0 saturated heterocycles. The molecule has 1 heterocycles. The van der Waals surface area contributed by atoms with E-state index in [2.05, 4.69) is 10.3 Å². The second kappa shape index (κ2) is 6.11. The lowest BCUT2D eigenvalue weighted by Crippen LogP contribution is -2.35. The lowest BCUT2D eigenvalue weighted by atomic mass is 10.2. The van der Waals surface area contributed by atoms with E-state index in [9.17, 15) is 22.8 Å². The third-order valence-corrected chi connectivity index (χ3v) is 2.13. The molecular formula is C13H15F3N2O3. The molecular weight excluding hydrogens is 289 g/mol. The molecule has 0 aliphatic heterocycles. The lowest BCUT2D eigenvalue weighted by Gasteiger charge is -2.19. The minimum Gasteiger partial charge on any atom is -0.459 e. The Morgan fingerprint density at radius 2 is 1.90 bits per heavy atom. The Kier molecular flexibility index (Phi) is 4.93. The van der Waals surface area contributed by atoms with Crippen molar-refractivity contribution in [3.05, 3.63) is 29.6 Å². The molecule has 0 saturated carbocycles. The fourth-order valence-corrected chi connectivity index (χ4v) is 1.35. The summed E-state index contributed by atoms with van der Waals surface area (Å²) in [4.78, 5) is 26.6. The minimum atomic E-state index is -4.57. The van der Waals surface area contributed by atoms with Crippen molar-refractivity contribution in [2.24, 2.45) is 0 Å². The standard InChI is InChI=1S/C13H15F3N2O3/c1-12(2,3)21-10(19)7-18-11(20)9-6-8(4-5-17-9)13(14,15)16/h4-6H,7H2,1-3H3,(H,18,20). The van der Waals surface area contributed by atoms with Crippen molar-refractivity contribution in [2.45, 2.75) is 32.5 Å². The molecule has 1 rings (SSSR count). The number of carbonyl (C=O) groups is 2. The fraction of sp³-hybridized carbons (Fsp3) is 0.462. The van der Waals surface area contributed by atoms with Crippen LogP contribution in [0.1, 0.15) is 36.8 Å². The number of hydrogen-bond donors (Lipinski definition) is 1. The third-order valence-electron chi connectivity index (χ3n) is 2.13. The predicted molar refractivity (Wildman–Crippen MR) is 67.4 cm³/mol. The summed E-state index contributed by atoms with van der Waals surface area (Å²) in [5, 5.41) is 2.16. The summed E-state index contributed by atoms with van der Waals surface area (Å²) in [7, 11) is 0. The Labute approximate surface area is 119 Å². The zero-order valence-corrected chi connectivity index (χ0v) is 11.7. The van der Waals surface area contributed by atoms with Crippen molar-refractivity contribution in [1.82, 2.24) is 10.3 Å². The molecule has 0 bridgehead atoms. The molecule has 8 heteroatoms. The normalized spacial score (nSPS) is 11.9. The number of ether oxygens (including phenoxy) is 1. The molecule has 0 aliphatic carbocycles. The SMILES string of the molecule is CC(C)(C)OC(=O)CNC(=O)c1cc(C(F)(F)F)ccn1. The predicted octanol–water partition coefficient (Wildman–Crippen LogP) is 2.17.